The number of para-hydroxylation sites is 1. The van der Waals surface area contributed by atoms with Crippen molar-refractivity contribution in [1.29, 1.82) is 0 Å². The second-order valence-electron chi connectivity index (χ2n) is 8.32. The van der Waals surface area contributed by atoms with Crippen molar-refractivity contribution in [2.45, 2.75) is 65.1 Å². The van der Waals surface area contributed by atoms with Crippen molar-refractivity contribution in [3.8, 4) is 5.75 Å². The van der Waals surface area contributed by atoms with E-state index in [0.717, 1.165) is 23.4 Å². The molecule has 1 saturated heterocycles. The molecule has 2 aromatic carbocycles. The van der Waals surface area contributed by atoms with Gasteiger partial charge in [0, 0.05) is 13.1 Å². The Labute approximate surface area is 175 Å². The maximum absolute atomic E-state index is 12.5. The molecule has 3 rings (SSSR count). The van der Waals surface area contributed by atoms with Crippen LogP contribution in [0.25, 0.3) is 0 Å². The van der Waals surface area contributed by atoms with Crippen molar-refractivity contribution in [2.75, 3.05) is 13.1 Å². The molecule has 0 bridgehead atoms. The number of rotatable bonds is 8. The monoisotopic (exact) mass is 394 g/mol. The predicted molar refractivity (Wildman–Crippen MR) is 118 cm³/mol. The van der Waals surface area contributed by atoms with Crippen LogP contribution in [0.4, 0.5) is 0 Å². The summed E-state index contributed by atoms with van der Waals surface area (Å²) in [6.45, 7) is 10.00. The Bertz CT molecular complexity index is 780. The van der Waals surface area contributed by atoms with Gasteiger partial charge in [0.2, 0.25) is 0 Å². The molecule has 156 valence electrons. The normalized spacial score (nSPS) is 15.9. The highest BCUT2D eigenvalue weighted by Gasteiger charge is 2.17. The van der Waals surface area contributed by atoms with Crippen molar-refractivity contribution in [3.63, 3.8) is 0 Å². The van der Waals surface area contributed by atoms with Crippen LogP contribution in [-0.2, 0) is 17.9 Å². The number of likely N-dealkylation sites (tertiary alicyclic amines) is 1. The summed E-state index contributed by atoms with van der Waals surface area (Å²) in [7, 11) is 0. The zero-order valence-corrected chi connectivity index (χ0v) is 18.0. The molecule has 1 atom stereocenters. The van der Waals surface area contributed by atoms with Gasteiger partial charge in [-0.1, -0.05) is 62.7 Å². The van der Waals surface area contributed by atoms with E-state index in [9.17, 15) is 4.79 Å². The van der Waals surface area contributed by atoms with Crippen LogP contribution in [0.3, 0.4) is 0 Å². The number of carbonyl (C=O) groups excluding carboxylic acids is 1. The maximum atomic E-state index is 12.5. The molecule has 1 unspecified atom stereocenters. The van der Waals surface area contributed by atoms with Crippen molar-refractivity contribution in [1.82, 2.24) is 10.2 Å². The second-order valence-corrected chi connectivity index (χ2v) is 8.32. The molecule has 0 aromatic heterocycles. The van der Waals surface area contributed by atoms with Gasteiger partial charge in [-0.05, 0) is 61.5 Å². The number of hydrogen-bond acceptors (Lipinski definition) is 3. The van der Waals surface area contributed by atoms with Gasteiger partial charge in [-0.15, -0.1) is 0 Å². The molecule has 0 aliphatic carbocycles. The Morgan fingerprint density at radius 3 is 2.31 bits per heavy atom. The molecule has 0 spiro atoms. The minimum atomic E-state index is -0.534. The van der Waals surface area contributed by atoms with Crippen LogP contribution >= 0.6 is 0 Å². The summed E-state index contributed by atoms with van der Waals surface area (Å²) >= 11 is 0. The van der Waals surface area contributed by atoms with Gasteiger partial charge in [0.1, 0.15) is 5.75 Å². The smallest absolute Gasteiger partial charge is 0.261 e. The Balaban J connectivity index is 1.48. The number of nitrogens with zero attached hydrogens (tertiary/aromatic N) is 1. The first-order valence-corrected chi connectivity index (χ1v) is 10.9. The lowest BCUT2D eigenvalue weighted by atomic mass is 10.0. The molecule has 0 radical (unpaired) electrons. The van der Waals surface area contributed by atoms with E-state index in [2.05, 4.69) is 54.4 Å². The standard InChI is InChI=1S/C25H34N2O2/c1-19(2)23-9-5-6-10-24(23)29-20(3)25(28)26-17-21-11-13-22(14-12-21)18-27-15-7-4-8-16-27/h5-6,9-14,19-20H,4,7-8,15-18H2,1-3H3,(H,26,28). The third-order valence-corrected chi connectivity index (χ3v) is 5.56. The van der Waals surface area contributed by atoms with E-state index >= 15 is 0 Å². The first-order valence-electron chi connectivity index (χ1n) is 10.9. The first-order chi connectivity index (χ1) is 14.0. The van der Waals surface area contributed by atoms with E-state index in [1.165, 1.54) is 37.9 Å². The predicted octanol–water partition coefficient (Wildman–Crippen LogP) is 4.88. The quantitative estimate of drug-likeness (QED) is 0.694. The summed E-state index contributed by atoms with van der Waals surface area (Å²) in [5.41, 5.74) is 3.57. The lowest BCUT2D eigenvalue weighted by molar-refractivity contribution is -0.127. The van der Waals surface area contributed by atoms with Gasteiger partial charge in [-0.3, -0.25) is 9.69 Å². The molecule has 1 aliphatic rings. The highest BCUT2D eigenvalue weighted by molar-refractivity contribution is 5.80. The summed E-state index contributed by atoms with van der Waals surface area (Å²) in [4.78, 5) is 15.0. The second kappa shape index (κ2) is 10.4. The summed E-state index contributed by atoms with van der Waals surface area (Å²) in [6.07, 6.45) is 3.45. The van der Waals surface area contributed by atoms with Crippen LogP contribution in [0.1, 0.15) is 62.6 Å². The average Bonchev–Trinajstić information content (AvgIpc) is 2.74. The molecule has 1 heterocycles. The Morgan fingerprint density at radius 2 is 1.62 bits per heavy atom. The molecule has 4 nitrogen and oxygen atoms in total. The minimum Gasteiger partial charge on any atom is -0.481 e. The van der Waals surface area contributed by atoms with Crippen LogP contribution in [0, 0.1) is 0 Å². The summed E-state index contributed by atoms with van der Waals surface area (Å²) in [6, 6.07) is 16.5. The van der Waals surface area contributed by atoms with Crippen molar-refractivity contribution in [2.24, 2.45) is 0 Å². The van der Waals surface area contributed by atoms with Gasteiger partial charge in [-0.2, -0.15) is 0 Å². The van der Waals surface area contributed by atoms with Crippen LogP contribution in [0.5, 0.6) is 5.75 Å². The maximum Gasteiger partial charge on any atom is 0.261 e. The fraction of sp³-hybridized carbons (Fsp3) is 0.480. The number of nitrogens with one attached hydrogen (secondary N) is 1. The van der Waals surface area contributed by atoms with E-state index in [-0.39, 0.29) is 5.91 Å². The largest absolute Gasteiger partial charge is 0.481 e. The third-order valence-electron chi connectivity index (χ3n) is 5.56. The summed E-state index contributed by atoms with van der Waals surface area (Å²) in [5.74, 6) is 1.04. The Kier molecular flexibility index (Phi) is 7.70. The van der Waals surface area contributed by atoms with Crippen molar-refractivity contribution in [3.05, 3.63) is 65.2 Å². The van der Waals surface area contributed by atoms with Gasteiger partial charge in [-0.25, -0.2) is 0 Å². The average molecular weight is 395 g/mol. The van der Waals surface area contributed by atoms with E-state index < -0.39 is 6.10 Å². The summed E-state index contributed by atoms with van der Waals surface area (Å²) in [5, 5.41) is 2.99. The Hall–Kier alpha value is -2.33. The van der Waals surface area contributed by atoms with Crippen LogP contribution < -0.4 is 10.1 Å². The fourth-order valence-electron chi connectivity index (χ4n) is 3.78. The molecule has 1 fully saturated rings. The lowest BCUT2D eigenvalue weighted by Crippen LogP contribution is -2.36. The SMILES string of the molecule is CC(Oc1ccccc1C(C)C)C(=O)NCc1ccc(CN2CCCCC2)cc1. The molecule has 4 heteroatoms. The van der Waals surface area contributed by atoms with Crippen molar-refractivity contribution >= 4 is 5.91 Å². The topological polar surface area (TPSA) is 41.6 Å². The highest BCUT2D eigenvalue weighted by atomic mass is 16.5. The fourth-order valence-corrected chi connectivity index (χ4v) is 3.78. The van der Waals surface area contributed by atoms with Gasteiger partial charge in [0.25, 0.3) is 5.91 Å². The molecular weight excluding hydrogens is 360 g/mol. The van der Waals surface area contributed by atoms with E-state index in [4.69, 9.17) is 4.74 Å². The molecule has 1 aliphatic heterocycles. The summed E-state index contributed by atoms with van der Waals surface area (Å²) < 4.78 is 5.94. The van der Waals surface area contributed by atoms with Crippen LogP contribution in [0.15, 0.2) is 48.5 Å². The zero-order chi connectivity index (χ0) is 20.6. The van der Waals surface area contributed by atoms with E-state index in [0.29, 0.717) is 12.5 Å². The third kappa shape index (κ3) is 6.33. The van der Waals surface area contributed by atoms with Crippen molar-refractivity contribution < 1.29 is 9.53 Å². The number of piperidine rings is 1. The first kappa shape index (κ1) is 21.4. The molecule has 1 N–H and O–H groups in total. The molecule has 29 heavy (non-hydrogen) atoms. The minimum absolute atomic E-state index is 0.0963. The number of ether oxygens (including phenoxy) is 1. The Morgan fingerprint density at radius 1 is 0.966 bits per heavy atom. The molecule has 1 amide bonds. The number of benzene rings is 2. The number of hydrogen-bond donors (Lipinski definition) is 1. The zero-order valence-electron chi connectivity index (χ0n) is 18.0. The lowest BCUT2D eigenvalue weighted by Gasteiger charge is -2.26. The van der Waals surface area contributed by atoms with E-state index in [1.54, 1.807) is 6.92 Å². The van der Waals surface area contributed by atoms with E-state index in [1.807, 2.05) is 18.2 Å². The van der Waals surface area contributed by atoms with Gasteiger partial charge in [0.15, 0.2) is 6.10 Å². The van der Waals surface area contributed by atoms with Crippen LogP contribution in [-0.4, -0.2) is 30.0 Å². The highest BCUT2D eigenvalue weighted by Crippen LogP contribution is 2.26. The van der Waals surface area contributed by atoms with Crippen LogP contribution in [0.2, 0.25) is 0 Å². The van der Waals surface area contributed by atoms with Gasteiger partial charge < -0.3 is 10.1 Å². The molecular formula is C25H34N2O2. The van der Waals surface area contributed by atoms with Gasteiger partial charge >= 0.3 is 0 Å². The van der Waals surface area contributed by atoms with Gasteiger partial charge in [0.05, 0.1) is 0 Å². The number of amides is 1. The molecule has 2 aromatic rings. The molecule has 0 saturated carbocycles. The number of carbonyl (C=O) groups is 1.